The third-order valence-electron chi connectivity index (χ3n) is 4.08. The van der Waals surface area contributed by atoms with Gasteiger partial charge < -0.3 is 5.32 Å². The Balaban J connectivity index is 2.60. The maximum atomic E-state index is 12.6. The summed E-state index contributed by atoms with van der Waals surface area (Å²) in [4.78, 5) is 12.6. The van der Waals surface area contributed by atoms with Gasteiger partial charge in [0.25, 0.3) is 0 Å². The molecule has 0 unspecified atom stereocenters. The van der Waals surface area contributed by atoms with Crippen molar-refractivity contribution in [3.05, 3.63) is 34.9 Å². The molecule has 118 valence electrons. The van der Waals surface area contributed by atoms with Crippen LogP contribution in [0.3, 0.4) is 0 Å². The highest BCUT2D eigenvalue weighted by Crippen LogP contribution is 2.31. The molecule has 1 aromatic carbocycles. The second kappa shape index (κ2) is 9.09. The van der Waals surface area contributed by atoms with Gasteiger partial charge in [-0.05, 0) is 30.5 Å². The molecule has 1 N–H and O–H groups in total. The smallest absolute Gasteiger partial charge is 0.226 e. The van der Waals surface area contributed by atoms with E-state index in [2.05, 4.69) is 26.1 Å². The summed E-state index contributed by atoms with van der Waals surface area (Å²) in [6, 6.07) is 7.63. The van der Waals surface area contributed by atoms with Gasteiger partial charge in [-0.3, -0.25) is 4.79 Å². The van der Waals surface area contributed by atoms with Crippen LogP contribution in [0, 0.1) is 5.41 Å². The normalized spacial score (nSPS) is 11.4. The van der Waals surface area contributed by atoms with Gasteiger partial charge in [0.15, 0.2) is 0 Å². The monoisotopic (exact) mass is 309 g/mol. The first-order valence-electron chi connectivity index (χ1n) is 8.04. The second-order valence-corrected chi connectivity index (χ2v) is 6.51. The van der Waals surface area contributed by atoms with Crippen LogP contribution in [0.25, 0.3) is 0 Å². The Labute approximate surface area is 134 Å². The minimum absolute atomic E-state index is 0.180. The average molecular weight is 310 g/mol. The van der Waals surface area contributed by atoms with Gasteiger partial charge in [-0.15, -0.1) is 0 Å². The van der Waals surface area contributed by atoms with E-state index >= 15 is 0 Å². The Morgan fingerprint density at radius 3 is 2.10 bits per heavy atom. The van der Waals surface area contributed by atoms with Crippen LogP contribution in [-0.2, 0) is 11.3 Å². The zero-order chi connectivity index (χ0) is 15.7. The fourth-order valence-electron chi connectivity index (χ4n) is 2.48. The molecule has 0 saturated carbocycles. The average Bonchev–Trinajstić information content (AvgIpc) is 2.50. The van der Waals surface area contributed by atoms with E-state index in [4.69, 9.17) is 11.6 Å². The zero-order valence-corrected chi connectivity index (χ0v) is 14.3. The highest BCUT2D eigenvalue weighted by atomic mass is 35.5. The van der Waals surface area contributed by atoms with E-state index in [0.29, 0.717) is 6.54 Å². The van der Waals surface area contributed by atoms with Gasteiger partial charge in [-0.1, -0.05) is 70.2 Å². The summed E-state index contributed by atoms with van der Waals surface area (Å²) in [7, 11) is 0. The van der Waals surface area contributed by atoms with E-state index in [9.17, 15) is 4.79 Å². The molecule has 1 amide bonds. The quantitative estimate of drug-likeness (QED) is 0.655. The van der Waals surface area contributed by atoms with Gasteiger partial charge >= 0.3 is 0 Å². The van der Waals surface area contributed by atoms with Crippen molar-refractivity contribution in [3.8, 4) is 0 Å². The van der Waals surface area contributed by atoms with Crippen molar-refractivity contribution in [2.75, 3.05) is 0 Å². The van der Waals surface area contributed by atoms with Crippen molar-refractivity contribution in [1.29, 1.82) is 0 Å². The molecule has 0 aliphatic carbocycles. The molecule has 0 aromatic heterocycles. The van der Waals surface area contributed by atoms with Crippen LogP contribution in [0.4, 0.5) is 0 Å². The lowest BCUT2D eigenvalue weighted by atomic mass is 9.79. The molecule has 0 aliphatic heterocycles. The lowest BCUT2D eigenvalue weighted by molar-refractivity contribution is -0.131. The molecule has 2 nitrogen and oxygen atoms in total. The van der Waals surface area contributed by atoms with Crippen molar-refractivity contribution < 1.29 is 4.79 Å². The van der Waals surface area contributed by atoms with Crippen LogP contribution in [0.1, 0.15) is 64.9 Å². The molecule has 0 bridgehead atoms. The van der Waals surface area contributed by atoms with E-state index in [-0.39, 0.29) is 11.3 Å². The maximum absolute atomic E-state index is 12.6. The van der Waals surface area contributed by atoms with Crippen LogP contribution in [-0.4, -0.2) is 5.91 Å². The molecule has 0 aliphatic rings. The molecule has 0 atom stereocenters. The molecule has 0 fully saturated rings. The van der Waals surface area contributed by atoms with Gasteiger partial charge in [0.1, 0.15) is 0 Å². The van der Waals surface area contributed by atoms with Crippen LogP contribution in [0.15, 0.2) is 24.3 Å². The molecule has 0 saturated heterocycles. The summed E-state index contributed by atoms with van der Waals surface area (Å²) in [5.74, 6) is 0.180. The van der Waals surface area contributed by atoms with Gasteiger partial charge in [0, 0.05) is 17.0 Å². The third-order valence-corrected chi connectivity index (χ3v) is 4.33. The predicted molar refractivity (Wildman–Crippen MR) is 90.5 cm³/mol. The van der Waals surface area contributed by atoms with Gasteiger partial charge in [-0.2, -0.15) is 0 Å². The minimum Gasteiger partial charge on any atom is -0.352 e. The first-order chi connectivity index (χ1) is 10.0. The molecule has 3 heteroatoms. The number of nitrogens with one attached hydrogen (secondary N) is 1. The number of halogens is 1. The highest BCUT2D eigenvalue weighted by Gasteiger charge is 2.31. The van der Waals surface area contributed by atoms with Crippen LogP contribution < -0.4 is 5.32 Å². The number of rotatable bonds is 9. The number of carbonyl (C=O) groups is 1. The molecule has 1 aromatic rings. The first-order valence-corrected chi connectivity index (χ1v) is 8.42. The fraction of sp³-hybridized carbons (Fsp3) is 0.611. The van der Waals surface area contributed by atoms with Gasteiger partial charge in [0.05, 0.1) is 0 Å². The lowest BCUT2D eigenvalue weighted by Gasteiger charge is -2.28. The molecule has 0 spiro atoms. The number of hydrogen-bond acceptors (Lipinski definition) is 1. The predicted octanol–water partition coefficient (Wildman–Crippen LogP) is 5.34. The first kappa shape index (κ1) is 18.0. The van der Waals surface area contributed by atoms with Gasteiger partial charge in [-0.25, -0.2) is 0 Å². The summed E-state index contributed by atoms with van der Waals surface area (Å²) >= 11 is 5.87. The highest BCUT2D eigenvalue weighted by molar-refractivity contribution is 6.30. The van der Waals surface area contributed by atoms with E-state index in [1.807, 2.05) is 24.3 Å². The Bertz CT molecular complexity index is 419. The second-order valence-electron chi connectivity index (χ2n) is 6.08. The standard InChI is InChI=1S/C18H28ClNO/c1-4-6-12-18(3,13-7-5-2)17(21)20-14-15-8-10-16(19)11-9-15/h8-11H,4-7,12-14H2,1-3H3,(H,20,21). The van der Waals surface area contributed by atoms with E-state index in [1.165, 1.54) is 0 Å². The summed E-state index contributed by atoms with van der Waals surface area (Å²) < 4.78 is 0. The molecule has 0 heterocycles. The Kier molecular flexibility index (Phi) is 7.81. The van der Waals surface area contributed by atoms with E-state index in [1.54, 1.807) is 0 Å². The van der Waals surface area contributed by atoms with Crippen LogP contribution in [0.2, 0.25) is 5.02 Å². The van der Waals surface area contributed by atoms with E-state index in [0.717, 1.165) is 49.1 Å². The minimum atomic E-state index is -0.238. The maximum Gasteiger partial charge on any atom is 0.226 e. The summed E-state index contributed by atoms with van der Waals surface area (Å²) in [6.07, 6.45) is 6.41. The largest absolute Gasteiger partial charge is 0.352 e. The van der Waals surface area contributed by atoms with Crippen molar-refractivity contribution in [3.63, 3.8) is 0 Å². The molecular formula is C18H28ClNO. The Morgan fingerprint density at radius 2 is 1.62 bits per heavy atom. The van der Waals surface area contributed by atoms with Crippen molar-refractivity contribution in [1.82, 2.24) is 5.32 Å². The fourth-order valence-corrected chi connectivity index (χ4v) is 2.61. The van der Waals surface area contributed by atoms with Gasteiger partial charge in [0.2, 0.25) is 5.91 Å². The zero-order valence-electron chi connectivity index (χ0n) is 13.5. The molecule has 0 radical (unpaired) electrons. The number of carbonyl (C=O) groups excluding carboxylic acids is 1. The van der Waals surface area contributed by atoms with Crippen LogP contribution >= 0.6 is 11.6 Å². The Hall–Kier alpha value is -1.02. The Morgan fingerprint density at radius 1 is 1.10 bits per heavy atom. The van der Waals surface area contributed by atoms with Crippen LogP contribution in [0.5, 0.6) is 0 Å². The van der Waals surface area contributed by atoms with Crippen molar-refractivity contribution in [2.24, 2.45) is 5.41 Å². The number of amides is 1. The number of benzene rings is 1. The molecular weight excluding hydrogens is 282 g/mol. The molecule has 1 rings (SSSR count). The number of unbranched alkanes of at least 4 members (excludes halogenated alkanes) is 2. The van der Waals surface area contributed by atoms with Crippen molar-refractivity contribution in [2.45, 2.75) is 65.8 Å². The lowest BCUT2D eigenvalue weighted by Crippen LogP contribution is -2.38. The number of hydrogen-bond donors (Lipinski definition) is 1. The third kappa shape index (κ3) is 6.09. The topological polar surface area (TPSA) is 29.1 Å². The van der Waals surface area contributed by atoms with Crippen molar-refractivity contribution >= 4 is 17.5 Å². The SMILES string of the molecule is CCCCC(C)(CCCC)C(=O)NCc1ccc(Cl)cc1. The molecule has 21 heavy (non-hydrogen) atoms. The summed E-state index contributed by atoms with van der Waals surface area (Å²) in [5.41, 5.74) is 0.847. The van der Waals surface area contributed by atoms with E-state index < -0.39 is 0 Å². The summed E-state index contributed by atoms with van der Waals surface area (Å²) in [6.45, 7) is 7.02. The summed E-state index contributed by atoms with van der Waals surface area (Å²) in [5, 5.41) is 3.82.